The quantitative estimate of drug-likeness (QED) is 0.463. The van der Waals surface area contributed by atoms with Crippen LogP contribution in [0, 0.1) is 0 Å². The molecule has 0 aromatic carbocycles. The molecule has 0 radical (unpaired) electrons. The lowest BCUT2D eigenvalue weighted by atomic mass is 10.1. The van der Waals surface area contributed by atoms with Crippen LogP contribution in [0.15, 0.2) is 18.5 Å². The van der Waals surface area contributed by atoms with E-state index in [-0.39, 0.29) is 25.2 Å². The molecule has 2 aromatic heterocycles. The molecule has 31 heavy (non-hydrogen) atoms. The second-order valence-electron chi connectivity index (χ2n) is 7.22. The number of aromatic nitrogens is 3. The molecule has 0 bridgehead atoms. The number of nitrogens with two attached hydrogens (primary N) is 1. The van der Waals surface area contributed by atoms with Crippen molar-refractivity contribution in [2.24, 2.45) is 0 Å². The van der Waals surface area contributed by atoms with E-state index in [0.29, 0.717) is 28.8 Å². The number of rotatable bonds is 14. The number of aliphatic hydroxyl groups is 1. The number of nitrogens with zero attached hydrogens (tertiary/aromatic N) is 4. The molecule has 0 aliphatic heterocycles. The maximum atomic E-state index is 10.1. The number of hydrogen-bond donors (Lipinski definition) is 2. The number of aliphatic hydroxyl groups excluding tert-OH is 1. The van der Waals surface area contributed by atoms with Crippen molar-refractivity contribution >= 4 is 11.8 Å². The first-order valence-corrected chi connectivity index (χ1v) is 10.8. The fraction of sp³-hybridized carbons (Fsp3) is 0.591. The molecule has 1 atom stereocenters. The average molecular weight is 434 g/mol. The van der Waals surface area contributed by atoms with E-state index in [0.717, 1.165) is 38.6 Å². The van der Waals surface area contributed by atoms with Crippen LogP contribution in [0.2, 0.25) is 0 Å². The monoisotopic (exact) mass is 433 g/mol. The van der Waals surface area contributed by atoms with E-state index in [1.807, 2.05) is 0 Å². The summed E-state index contributed by atoms with van der Waals surface area (Å²) >= 11 is 0. The zero-order chi connectivity index (χ0) is 22.6. The molecule has 0 aliphatic rings. The second-order valence-corrected chi connectivity index (χ2v) is 7.22. The van der Waals surface area contributed by atoms with Crippen molar-refractivity contribution in [3.05, 3.63) is 24.2 Å². The van der Waals surface area contributed by atoms with Gasteiger partial charge in [-0.05, 0) is 12.8 Å². The third-order valence-corrected chi connectivity index (χ3v) is 5.05. The number of unbranched alkanes of at least 4 members (excludes halogenated alkanes) is 2. The van der Waals surface area contributed by atoms with E-state index in [1.54, 1.807) is 32.7 Å². The van der Waals surface area contributed by atoms with E-state index in [2.05, 4.69) is 33.7 Å². The molecule has 0 fully saturated rings. The Labute approximate surface area is 184 Å². The third kappa shape index (κ3) is 6.58. The molecule has 2 rings (SSSR count). The summed E-state index contributed by atoms with van der Waals surface area (Å²) in [4.78, 5) is 15.0. The Hall–Kier alpha value is -2.81. The lowest BCUT2D eigenvalue weighted by molar-refractivity contribution is 0.246. The third-order valence-electron chi connectivity index (χ3n) is 5.05. The molecule has 9 nitrogen and oxygen atoms in total. The molecule has 0 aliphatic carbocycles. The van der Waals surface area contributed by atoms with E-state index < -0.39 is 0 Å². The lowest BCUT2D eigenvalue weighted by Crippen LogP contribution is -2.40. The van der Waals surface area contributed by atoms with Gasteiger partial charge >= 0.3 is 0 Å². The minimum absolute atomic E-state index is 0.0261. The van der Waals surface area contributed by atoms with Crippen LogP contribution in [-0.4, -0.2) is 53.5 Å². The summed E-state index contributed by atoms with van der Waals surface area (Å²) in [6.07, 6.45) is 8.09. The maximum Gasteiger partial charge on any atom is 0.222 e. The molecule has 0 unspecified atom stereocenters. The molecule has 9 heteroatoms. The first kappa shape index (κ1) is 24.5. The fourth-order valence-electron chi connectivity index (χ4n) is 3.36. The van der Waals surface area contributed by atoms with Crippen LogP contribution in [0.4, 0.5) is 11.8 Å². The average Bonchev–Trinajstić information content (AvgIpc) is 2.80. The van der Waals surface area contributed by atoms with E-state index in [1.165, 1.54) is 0 Å². The van der Waals surface area contributed by atoms with Crippen LogP contribution < -0.4 is 24.8 Å². The summed E-state index contributed by atoms with van der Waals surface area (Å²) in [5.41, 5.74) is 6.50. The summed E-state index contributed by atoms with van der Waals surface area (Å²) < 4.78 is 16.9. The fourth-order valence-corrected chi connectivity index (χ4v) is 3.36. The number of nitrogen functional groups attached to an aromatic ring is 1. The Bertz CT molecular complexity index is 805. The van der Waals surface area contributed by atoms with Crippen molar-refractivity contribution in [2.75, 3.05) is 38.0 Å². The van der Waals surface area contributed by atoms with Crippen LogP contribution in [0.3, 0.4) is 0 Å². The number of hydrogen-bond acceptors (Lipinski definition) is 9. The van der Waals surface area contributed by atoms with Gasteiger partial charge in [-0.2, -0.15) is 4.98 Å². The highest BCUT2D eigenvalue weighted by Crippen LogP contribution is 2.33. The highest BCUT2D eigenvalue weighted by atomic mass is 16.5. The minimum Gasteiger partial charge on any atom is -0.493 e. The van der Waals surface area contributed by atoms with Crippen LogP contribution >= 0.6 is 0 Å². The van der Waals surface area contributed by atoms with Crippen LogP contribution in [0.5, 0.6) is 17.2 Å². The smallest absolute Gasteiger partial charge is 0.222 e. The Kier molecular flexibility index (Phi) is 10.1. The first-order chi connectivity index (χ1) is 15.1. The first-order valence-electron chi connectivity index (χ1n) is 10.8. The standard InChI is InChI=1S/C22H35N5O4/c1-5-7-9-16(14-28)27(12-8-6-2)21-19(13-25-22(23)26-21)31-15-17-20(30-4)18(29-3)10-11-24-17/h10-11,13,16,28H,5-9,12,14-15H2,1-4H3,(H2,23,25,26)/t16-/m0/s1. The summed E-state index contributed by atoms with van der Waals surface area (Å²) in [6.45, 7) is 5.17. The van der Waals surface area contributed by atoms with Crippen molar-refractivity contribution in [1.82, 2.24) is 15.0 Å². The Morgan fingerprint density at radius 2 is 1.87 bits per heavy atom. The number of pyridine rings is 1. The zero-order valence-corrected chi connectivity index (χ0v) is 19.0. The SMILES string of the molecule is CCCC[C@@H](CO)N(CCCC)c1nc(N)ncc1OCc1nccc(OC)c1OC. The molecule has 0 saturated carbocycles. The largest absolute Gasteiger partial charge is 0.493 e. The maximum absolute atomic E-state index is 10.1. The van der Waals surface area contributed by atoms with Gasteiger partial charge in [0.1, 0.15) is 12.3 Å². The zero-order valence-electron chi connectivity index (χ0n) is 19.0. The molecular formula is C22H35N5O4. The van der Waals surface area contributed by atoms with Gasteiger partial charge < -0.3 is 30.0 Å². The van der Waals surface area contributed by atoms with Crippen molar-refractivity contribution < 1.29 is 19.3 Å². The highest BCUT2D eigenvalue weighted by Gasteiger charge is 2.24. The van der Waals surface area contributed by atoms with Gasteiger partial charge in [0.15, 0.2) is 23.1 Å². The van der Waals surface area contributed by atoms with Crippen LogP contribution in [-0.2, 0) is 6.61 Å². The molecular weight excluding hydrogens is 398 g/mol. The topological polar surface area (TPSA) is 116 Å². The molecule has 2 aromatic rings. The highest BCUT2D eigenvalue weighted by molar-refractivity contribution is 5.54. The second kappa shape index (κ2) is 12.8. The summed E-state index contributed by atoms with van der Waals surface area (Å²) in [7, 11) is 3.14. The van der Waals surface area contributed by atoms with Gasteiger partial charge in [0.2, 0.25) is 5.95 Å². The lowest BCUT2D eigenvalue weighted by Gasteiger charge is -2.32. The number of ether oxygens (including phenoxy) is 3. The van der Waals surface area contributed by atoms with Gasteiger partial charge in [-0.15, -0.1) is 0 Å². The van der Waals surface area contributed by atoms with E-state index in [9.17, 15) is 5.11 Å². The van der Waals surface area contributed by atoms with Crippen molar-refractivity contribution in [3.8, 4) is 17.2 Å². The van der Waals surface area contributed by atoms with Crippen molar-refractivity contribution in [1.29, 1.82) is 0 Å². The summed E-state index contributed by atoms with van der Waals surface area (Å²) in [5, 5.41) is 10.1. The Balaban J connectivity index is 2.35. The number of anilines is 2. The van der Waals surface area contributed by atoms with Gasteiger partial charge in [-0.1, -0.05) is 33.1 Å². The van der Waals surface area contributed by atoms with Gasteiger partial charge in [0.05, 0.1) is 33.1 Å². The molecule has 0 amide bonds. The van der Waals surface area contributed by atoms with E-state index >= 15 is 0 Å². The predicted molar refractivity (Wildman–Crippen MR) is 121 cm³/mol. The Morgan fingerprint density at radius 1 is 1.10 bits per heavy atom. The van der Waals surface area contributed by atoms with Crippen LogP contribution in [0.1, 0.15) is 51.6 Å². The summed E-state index contributed by atoms with van der Waals surface area (Å²) in [6, 6.07) is 1.65. The molecule has 172 valence electrons. The summed E-state index contributed by atoms with van der Waals surface area (Å²) in [5.74, 6) is 2.31. The molecule has 0 spiro atoms. The Morgan fingerprint density at radius 3 is 2.52 bits per heavy atom. The van der Waals surface area contributed by atoms with Crippen molar-refractivity contribution in [2.45, 2.75) is 58.6 Å². The number of methoxy groups -OCH3 is 2. The van der Waals surface area contributed by atoms with E-state index in [4.69, 9.17) is 19.9 Å². The van der Waals surface area contributed by atoms with Gasteiger partial charge in [0, 0.05) is 18.8 Å². The molecule has 0 saturated heterocycles. The molecule has 3 N–H and O–H groups in total. The minimum atomic E-state index is -0.0763. The van der Waals surface area contributed by atoms with Gasteiger partial charge in [-0.3, -0.25) is 4.98 Å². The normalized spacial score (nSPS) is 11.8. The van der Waals surface area contributed by atoms with Gasteiger partial charge in [0.25, 0.3) is 0 Å². The van der Waals surface area contributed by atoms with Crippen LogP contribution in [0.25, 0.3) is 0 Å². The molecule has 2 heterocycles. The predicted octanol–water partition coefficient (Wildman–Crippen LogP) is 3.21. The van der Waals surface area contributed by atoms with Crippen molar-refractivity contribution in [3.63, 3.8) is 0 Å². The van der Waals surface area contributed by atoms with Gasteiger partial charge in [-0.25, -0.2) is 4.98 Å².